The number of benzene rings is 3. The molecule has 4 rings (SSSR count). The van der Waals surface area contributed by atoms with Crippen molar-refractivity contribution in [2.75, 3.05) is 0 Å². The van der Waals surface area contributed by atoms with E-state index in [0.717, 1.165) is 10.8 Å². The number of aryl methyl sites for hydroxylation is 1. The molecule has 0 saturated carbocycles. The predicted octanol–water partition coefficient (Wildman–Crippen LogP) is 6.22. The maximum absolute atomic E-state index is 13.6. The third kappa shape index (κ3) is 2.92. The lowest BCUT2D eigenvalue weighted by Crippen LogP contribution is -2.02. The molecule has 0 aliphatic rings. The summed E-state index contributed by atoms with van der Waals surface area (Å²) in [7, 11) is 0. The molecule has 0 saturated heterocycles. The number of carbonyl (C=O) groups excluding carboxylic acids is 1. The van der Waals surface area contributed by atoms with Gasteiger partial charge in [-0.05, 0) is 23.2 Å². The average Bonchev–Trinajstić information content (AvgIpc) is 3.15. The van der Waals surface area contributed by atoms with Crippen LogP contribution in [-0.4, -0.2) is 10.4 Å². The Bertz CT molecular complexity index is 1410. The number of rotatable bonds is 6. The summed E-state index contributed by atoms with van der Waals surface area (Å²) in [6.07, 6.45) is -8.31. The number of para-hydroxylation sites is 1. The molecule has 2 heteroatoms. The van der Waals surface area contributed by atoms with Crippen LogP contribution in [0.1, 0.15) is 54.2 Å². The molecule has 0 spiro atoms. The summed E-state index contributed by atoms with van der Waals surface area (Å²) in [6.45, 7) is -4.07. The number of ketones is 1. The van der Waals surface area contributed by atoms with Crippen molar-refractivity contribution in [1.29, 1.82) is 0 Å². The first kappa shape index (κ1) is 9.18. The Morgan fingerprint density at radius 1 is 0.923 bits per heavy atom. The van der Waals surface area contributed by atoms with Gasteiger partial charge in [-0.2, -0.15) is 0 Å². The van der Waals surface area contributed by atoms with Gasteiger partial charge in [-0.25, -0.2) is 0 Å². The average molecular weight is 351 g/mol. The number of aromatic nitrogens is 1. The molecule has 3 aromatic carbocycles. The summed E-state index contributed by atoms with van der Waals surface area (Å²) in [5.41, 5.74) is 1.19. The second kappa shape index (κ2) is 7.17. The van der Waals surface area contributed by atoms with Crippen molar-refractivity contribution in [1.82, 2.24) is 4.57 Å². The molecular weight excluding hydrogens is 318 g/mol. The molecule has 0 N–H and O–H groups in total. The van der Waals surface area contributed by atoms with E-state index in [1.807, 2.05) is 30.3 Å². The molecule has 1 heterocycles. The van der Waals surface area contributed by atoms with Gasteiger partial charge < -0.3 is 4.57 Å². The van der Waals surface area contributed by atoms with E-state index in [1.54, 1.807) is 36.4 Å². The van der Waals surface area contributed by atoms with Crippen LogP contribution < -0.4 is 0 Å². The van der Waals surface area contributed by atoms with Gasteiger partial charge >= 0.3 is 0 Å². The van der Waals surface area contributed by atoms with Gasteiger partial charge in [-0.3, -0.25) is 4.79 Å². The lowest BCUT2D eigenvalue weighted by atomic mass is 9.97. The summed E-state index contributed by atoms with van der Waals surface area (Å²) in [5, 5.41) is 2.17. The van der Waals surface area contributed by atoms with Gasteiger partial charge in [-0.15, -0.1) is 0 Å². The van der Waals surface area contributed by atoms with Crippen molar-refractivity contribution in [2.24, 2.45) is 0 Å². The fourth-order valence-electron chi connectivity index (χ4n) is 3.30. The van der Waals surface area contributed by atoms with E-state index in [1.165, 1.54) is 10.8 Å². The van der Waals surface area contributed by atoms with Crippen LogP contribution in [0.5, 0.6) is 0 Å². The monoisotopic (exact) mass is 350 g/mol. The molecule has 26 heavy (non-hydrogen) atoms. The van der Waals surface area contributed by atoms with E-state index in [2.05, 4.69) is 0 Å². The molecule has 0 fully saturated rings. The van der Waals surface area contributed by atoms with Crippen LogP contribution in [0.25, 0.3) is 21.7 Å². The SMILES string of the molecule is [2H]C([2H])([2H])C([2H])([2H])C([2H])([2H])C([2H])([2H])Cn1cc(C(=O)c2cccc3ccccc23)c2ccccc21. The molecular formula is C24H23NO. The van der Waals surface area contributed by atoms with Gasteiger partial charge in [-0.1, -0.05) is 80.3 Å². The van der Waals surface area contributed by atoms with Crippen LogP contribution in [0.4, 0.5) is 0 Å². The van der Waals surface area contributed by atoms with Gasteiger partial charge in [0, 0.05) is 47.1 Å². The lowest BCUT2D eigenvalue weighted by molar-refractivity contribution is 0.104. The first-order chi connectivity index (χ1) is 16.2. The van der Waals surface area contributed by atoms with Gasteiger partial charge in [0.15, 0.2) is 5.78 Å². The zero-order valence-corrected chi connectivity index (χ0v) is 14.0. The maximum atomic E-state index is 13.6. The minimum absolute atomic E-state index is 0.284. The van der Waals surface area contributed by atoms with Crippen LogP contribution >= 0.6 is 0 Å². The molecule has 0 radical (unpaired) electrons. The standard InChI is InChI=1S/C24H23NO/c1-2-3-8-16-25-17-22(20-13-6-7-15-23(20)25)24(26)21-14-9-11-18-10-4-5-12-19(18)21/h4-7,9-15,17H,2-3,8,16H2,1H3/i1D3,2D2,3D2,8D2. The molecule has 1 aromatic heterocycles. The Hall–Kier alpha value is -2.87. The Morgan fingerprint density at radius 2 is 1.69 bits per heavy atom. The third-order valence-corrected chi connectivity index (χ3v) is 4.47. The highest BCUT2D eigenvalue weighted by Crippen LogP contribution is 2.27. The van der Waals surface area contributed by atoms with Crippen LogP contribution in [0.15, 0.2) is 72.9 Å². The Morgan fingerprint density at radius 3 is 2.58 bits per heavy atom. The number of nitrogens with zero attached hydrogens (tertiary/aromatic N) is 1. The Kier molecular flexibility index (Phi) is 2.53. The molecule has 2 nitrogen and oxygen atoms in total. The van der Waals surface area contributed by atoms with Gasteiger partial charge in [0.2, 0.25) is 0 Å². The van der Waals surface area contributed by atoms with Crippen molar-refractivity contribution < 1.29 is 17.1 Å². The minimum atomic E-state index is -3.45. The van der Waals surface area contributed by atoms with Crippen LogP contribution in [-0.2, 0) is 6.54 Å². The Balaban J connectivity index is 1.81. The summed E-state index contributed by atoms with van der Waals surface area (Å²) in [4.78, 5) is 13.6. The third-order valence-electron chi connectivity index (χ3n) is 4.47. The highest BCUT2D eigenvalue weighted by Gasteiger charge is 2.18. The zero-order chi connectivity index (χ0) is 25.8. The van der Waals surface area contributed by atoms with Crippen molar-refractivity contribution >= 4 is 27.5 Å². The van der Waals surface area contributed by atoms with Crippen molar-refractivity contribution in [2.45, 2.75) is 32.5 Å². The van der Waals surface area contributed by atoms with Crippen molar-refractivity contribution in [3.63, 3.8) is 0 Å². The van der Waals surface area contributed by atoms with E-state index in [9.17, 15) is 4.79 Å². The van der Waals surface area contributed by atoms with Crippen LogP contribution in [0, 0.1) is 0 Å². The molecule has 0 aliphatic carbocycles. The van der Waals surface area contributed by atoms with E-state index in [-0.39, 0.29) is 11.3 Å². The number of hydrogen-bond acceptors (Lipinski definition) is 1. The second-order valence-corrected chi connectivity index (χ2v) is 5.97. The largest absolute Gasteiger partial charge is 0.347 e. The van der Waals surface area contributed by atoms with E-state index >= 15 is 0 Å². The highest BCUT2D eigenvalue weighted by molar-refractivity contribution is 6.21. The minimum Gasteiger partial charge on any atom is -0.347 e. The molecule has 130 valence electrons. The second-order valence-electron chi connectivity index (χ2n) is 5.97. The van der Waals surface area contributed by atoms with E-state index in [0.29, 0.717) is 16.5 Å². The van der Waals surface area contributed by atoms with Gasteiger partial charge in [0.1, 0.15) is 0 Å². The predicted molar refractivity (Wildman–Crippen MR) is 109 cm³/mol. The van der Waals surface area contributed by atoms with Crippen molar-refractivity contribution in [3.05, 3.63) is 84.1 Å². The summed E-state index contributed by atoms with van der Waals surface area (Å²) >= 11 is 0. The molecule has 0 atom stereocenters. The van der Waals surface area contributed by atoms with Gasteiger partial charge in [0.25, 0.3) is 0 Å². The summed E-state index contributed by atoms with van der Waals surface area (Å²) < 4.78 is 72.3. The fourth-order valence-corrected chi connectivity index (χ4v) is 3.30. The summed E-state index contributed by atoms with van der Waals surface area (Å²) in [5.74, 6) is -0.293. The smallest absolute Gasteiger partial charge is 0.195 e. The number of hydrogen-bond donors (Lipinski definition) is 0. The molecule has 0 bridgehead atoms. The van der Waals surface area contributed by atoms with E-state index < -0.39 is 32.5 Å². The summed E-state index contributed by atoms with van der Waals surface area (Å²) in [6, 6.07) is 19.6. The number of carbonyl (C=O) groups is 1. The number of fused-ring (bicyclic) bond motifs is 2. The molecule has 0 aliphatic heterocycles. The molecule has 4 aromatic rings. The molecule has 0 amide bonds. The van der Waals surface area contributed by atoms with Crippen LogP contribution in [0.2, 0.25) is 0 Å². The lowest BCUT2D eigenvalue weighted by Gasteiger charge is -2.05. The van der Waals surface area contributed by atoms with Crippen molar-refractivity contribution in [3.8, 4) is 0 Å². The fraction of sp³-hybridized carbons (Fsp3) is 0.208. The zero-order valence-electron chi connectivity index (χ0n) is 23.0. The van der Waals surface area contributed by atoms with Crippen LogP contribution in [0.3, 0.4) is 0 Å². The first-order valence-corrected chi connectivity index (χ1v) is 8.29. The van der Waals surface area contributed by atoms with Gasteiger partial charge in [0.05, 0.1) is 0 Å². The Labute approximate surface area is 166 Å². The van der Waals surface area contributed by atoms with E-state index in [4.69, 9.17) is 12.3 Å². The molecule has 0 unspecified atom stereocenters. The highest BCUT2D eigenvalue weighted by atomic mass is 16.1. The quantitative estimate of drug-likeness (QED) is 0.379. The topological polar surface area (TPSA) is 22.0 Å². The first-order valence-electron chi connectivity index (χ1n) is 12.8. The normalized spacial score (nSPS) is 18.5. The maximum Gasteiger partial charge on any atom is 0.195 e.